The van der Waals surface area contributed by atoms with Crippen LogP contribution >= 0.6 is 0 Å². The molecule has 1 fully saturated rings. The summed E-state index contributed by atoms with van der Waals surface area (Å²) in [4.78, 5) is 13.8. The molecular formula is C18H25FN2O3S. The zero-order valence-electron chi connectivity index (χ0n) is 14.8. The van der Waals surface area contributed by atoms with E-state index >= 15 is 0 Å². The molecule has 0 aliphatic carbocycles. The normalized spacial score (nSPS) is 15.8. The summed E-state index contributed by atoms with van der Waals surface area (Å²) in [6.07, 6.45) is 2.50. The molecule has 0 N–H and O–H groups in total. The molecule has 0 spiro atoms. The Kier molecular flexibility index (Phi) is 6.35. The van der Waals surface area contributed by atoms with Crippen LogP contribution in [0.4, 0.5) is 4.39 Å². The predicted octanol–water partition coefficient (Wildman–Crippen LogP) is 3.04. The van der Waals surface area contributed by atoms with E-state index in [-0.39, 0.29) is 11.5 Å². The van der Waals surface area contributed by atoms with Gasteiger partial charge in [0.05, 0.1) is 0 Å². The van der Waals surface area contributed by atoms with E-state index in [9.17, 15) is 17.6 Å². The fourth-order valence-corrected chi connectivity index (χ4v) is 4.52. The first-order valence-electron chi connectivity index (χ1n) is 8.50. The Balaban J connectivity index is 2.36. The second-order valence-electron chi connectivity index (χ2n) is 6.39. The van der Waals surface area contributed by atoms with Gasteiger partial charge in [-0.15, -0.1) is 0 Å². The molecule has 0 saturated carbocycles. The molecule has 0 bridgehead atoms. The summed E-state index contributed by atoms with van der Waals surface area (Å²) in [6.45, 7) is 9.04. The van der Waals surface area contributed by atoms with Crippen LogP contribution in [0.25, 0.3) is 0 Å². The van der Waals surface area contributed by atoms with Gasteiger partial charge in [-0.3, -0.25) is 4.79 Å². The quantitative estimate of drug-likeness (QED) is 0.725. The number of nitrogens with zero attached hydrogens (tertiary/aromatic N) is 2. The van der Waals surface area contributed by atoms with E-state index in [1.165, 1.54) is 10.4 Å². The number of amides is 1. The molecule has 1 aliphatic rings. The van der Waals surface area contributed by atoms with Crippen LogP contribution in [0.1, 0.15) is 43.5 Å². The number of hydrogen-bond acceptors (Lipinski definition) is 3. The number of hydrogen-bond donors (Lipinski definition) is 0. The highest BCUT2D eigenvalue weighted by atomic mass is 32.2. The van der Waals surface area contributed by atoms with Crippen molar-refractivity contribution in [2.75, 3.05) is 26.2 Å². The van der Waals surface area contributed by atoms with Crippen molar-refractivity contribution in [3.63, 3.8) is 0 Å². The maximum absolute atomic E-state index is 14.2. The maximum Gasteiger partial charge on any atom is 0.254 e. The minimum atomic E-state index is -3.93. The molecule has 1 saturated heterocycles. The van der Waals surface area contributed by atoms with E-state index in [0.717, 1.165) is 37.0 Å². The number of piperidine rings is 1. The molecule has 138 valence electrons. The first kappa shape index (κ1) is 19.6. The fraction of sp³-hybridized carbons (Fsp3) is 0.500. The topological polar surface area (TPSA) is 57.7 Å². The molecule has 25 heavy (non-hydrogen) atoms. The van der Waals surface area contributed by atoms with E-state index in [1.807, 2.05) is 13.8 Å². The smallest absolute Gasteiger partial charge is 0.254 e. The van der Waals surface area contributed by atoms with E-state index in [4.69, 9.17) is 0 Å². The molecule has 0 unspecified atom stereocenters. The first-order chi connectivity index (χ1) is 11.8. The van der Waals surface area contributed by atoms with Crippen molar-refractivity contribution >= 4 is 15.9 Å². The third-order valence-corrected chi connectivity index (χ3v) is 6.15. The Morgan fingerprint density at radius 3 is 2.48 bits per heavy atom. The lowest BCUT2D eigenvalue weighted by Gasteiger charge is -2.26. The number of likely N-dealkylation sites (N-methyl/N-ethyl adjacent to an activating group) is 1. The summed E-state index contributed by atoms with van der Waals surface area (Å²) in [7, 11) is -3.93. The van der Waals surface area contributed by atoms with Gasteiger partial charge in [0.1, 0.15) is 10.7 Å². The minimum absolute atomic E-state index is 0.167. The van der Waals surface area contributed by atoms with Crippen molar-refractivity contribution < 1.29 is 17.6 Å². The van der Waals surface area contributed by atoms with Crippen molar-refractivity contribution in [3.05, 3.63) is 41.7 Å². The third kappa shape index (κ3) is 4.46. The second-order valence-corrected chi connectivity index (χ2v) is 8.29. The fourth-order valence-electron chi connectivity index (χ4n) is 2.91. The van der Waals surface area contributed by atoms with Gasteiger partial charge in [0, 0.05) is 31.7 Å². The summed E-state index contributed by atoms with van der Waals surface area (Å²) < 4.78 is 41.0. The van der Waals surface area contributed by atoms with Gasteiger partial charge in [0.2, 0.25) is 10.0 Å². The number of carbonyl (C=O) groups is 1. The molecule has 1 heterocycles. The highest BCUT2D eigenvalue weighted by Gasteiger charge is 2.29. The van der Waals surface area contributed by atoms with Gasteiger partial charge in [-0.25, -0.2) is 12.8 Å². The number of benzene rings is 1. The zero-order chi connectivity index (χ0) is 18.6. The predicted molar refractivity (Wildman–Crippen MR) is 95.4 cm³/mol. The van der Waals surface area contributed by atoms with Crippen LogP contribution in [-0.2, 0) is 10.0 Å². The molecule has 1 amide bonds. The van der Waals surface area contributed by atoms with Crippen LogP contribution in [-0.4, -0.2) is 49.7 Å². The van der Waals surface area contributed by atoms with Crippen molar-refractivity contribution in [1.29, 1.82) is 0 Å². The Hall–Kier alpha value is -1.73. The van der Waals surface area contributed by atoms with Crippen LogP contribution in [0.3, 0.4) is 0 Å². The van der Waals surface area contributed by atoms with Crippen LogP contribution in [0.5, 0.6) is 0 Å². The van der Waals surface area contributed by atoms with Gasteiger partial charge in [0.25, 0.3) is 5.91 Å². The standard InChI is InChI=1S/C18H25FN2O3S/c1-4-20(13-14(2)3)18(22)15-8-9-16(19)17(12-15)25(23,24)21-10-6-5-7-11-21/h8-9,12H,2,4-7,10-11,13H2,1,3H3. The SMILES string of the molecule is C=C(C)CN(CC)C(=O)c1ccc(F)c(S(=O)(=O)N2CCCCC2)c1. The molecule has 0 aromatic heterocycles. The van der Waals surface area contributed by atoms with Crippen LogP contribution in [0, 0.1) is 5.82 Å². The number of halogens is 1. The van der Waals surface area contributed by atoms with Crippen molar-refractivity contribution in [3.8, 4) is 0 Å². The molecule has 0 atom stereocenters. The summed E-state index contributed by atoms with van der Waals surface area (Å²) in [5.41, 5.74) is 0.985. The zero-order valence-corrected chi connectivity index (χ0v) is 15.6. The summed E-state index contributed by atoms with van der Waals surface area (Å²) in [5.74, 6) is -1.16. The highest BCUT2D eigenvalue weighted by Crippen LogP contribution is 2.24. The molecular weight excluding hydrogens is 343 g/mol. The van der Waals surface area contributed by atoms with Gasteiger partial charge in [-0.1, -0.05) is 18.6 Å². The van der Waals surface area contributed by atoms with Crippen LogP contribution < -0.4 is 0 Å². The van der Waals surface area contributed by atoms with E-state index in [1.54, 1.807) is 4.90 Å². The lowest BCUT2D eigenvalue weighted by molar-refractivity contribution is 0.0778. The molecule has 5 nitrogen and oxygen atoms in total. The number of rotatable bonds is 6. The van der Waals surface area contributed by atoms with Crippen LogP contribution in [0.15, 0.2) is 35.2 Å². The monoisotopic (exact) mass is 368 g/mol. The Morgan fingerprint density at radius 1 is 1.28 bits per heavy atom. The van der Waals surface area contributed by atoms with E-state index in [2.05, 4.69) is 6.58 Å². The van der Waals surface area contributed by atoms with Crippen LogP contribution in [0.2, 0.25) is 0 Å². The van der Waals surface area contributed by atoms with Gasteiger partial charge in [-0.05, 0) is 44.9 Å². The number of carbonyl (C=O) groups excluding carboxylic acids is 1. The Morgan fingerprint density at radius 2 is 1.92 bits per heavy atom. The molecule has 1 aromatic carbocycles. The average Bonchev–Trinajstić information content (AvgIpc) is 2.60. The van der Waals surface area contributed by atoms with Gasteiger partial charge in [0.15, 0.2) is 0 Å². The maximum atomic E-state index is 14.2. The molecule has 7 heteroatoms. The molecule has 1 aliphatic heterocycles. The Labute approximate surface area is 149 Å². The highest BCUT2D eigenvalue weighted by molar-refractivity contribution is 7.89. The average molecular weight is 368 g/mol. The third-order valence-electron chi connectivity index (χ3n) is 4.24. The first-order valence-corrected chi connectivity index (χ1v) is 9.94. The molecule has 1 aromatic rings. The lowest BCUT2D eigenvalue weighted by atomic mass is 10.2. The lowest BCUT2D eigenvalue weighted by Crippen LogP contribution is -2.36. The largest absolute Gasteiger partial charge is 0.335 e. The number of sulfonamides is 1. The van der Waals surface area contributed by atoms with Crippen molar-refractivity contribution in [2.45, 2.75) is 38.0 Å². The Bertz CT molecular complexity index is 756. The van der Waals surface area contributed by atoms with E-state index in [0.29, 0.717) is 26.2 Å². The van der Waals surface area contributed by atoms with Gasteiger partial charge >= 0.3 is 0 Å². The molecule has 2 rings (SSSR count). The summed E-state index contributed by atoms with van der Waals surface area (Å²) in [5, 5.41) is 0. The second kappa shape index (κ2) is 8.10. The minimum Gasteiger partial charge on any atom is -0.335 e. The van der Waals surface area contributed by atoms with E-state index < -0.39 is 20.7 Å². The van der Waals surface area contributed by atoms with Crippen molar-refractivity contribution in [2.24, 2.45) is 0 Å². The van der Waals surface area contributed by atoms with Gasteiger partial charge in [-0.2, -0.15) is 4.31 Å². The van der Waals surface area contributed by atoms with Crippen molar-refractivity contribution in [1.82, 2.24) is 9.21 Å². The summed E-state index contributed by atoms with van der Waals surface area (Å²) >= 11 is 0. The van der Waals surface area contributed by atoms with Gasteiger partial charge < -0.3 is 4.90 Å². The molecule has 0 radical (unpaired) electrons. The summed E-state index contributed by atoms with van der Waals surface area (Å²) in [6, 6.07) is 3.54.